The molecule has 2 N–H and O–H groups in total. The van der Waals surface area contributed by atoms with E-state index in [2.05, 4.69) is 22.4 Å². The van der Waals surface area contributed by atoms with Crippen LogP contribution in [-0.4, -0.2) is 44.0 Å². The van der Waals surface area contributed by atoms with Crippen LogP contribution in [0.15, 0.2) is 5.16 Å². The van der Waals surface area contributed by atoms with Crippen molar-refractivity contribution in [1.29, 1.82) is 0 Å². The van der Waals surface area contributed by atoms with Crippen LogP contribution in [0.4, 0.5) is 0 Å². The average Bonchev–Trinajstić information content (AvgIpc) is 2.66. The maximum Gasteiger partial charge on any atom is 0.209 e. The molecule has 0 fully saturated rings. The van der Waals surface area contributed by atoms with Crippen molar-refractivity contribution >= 4 is 23.5 Å². The van der Waals surface area contributed by atoms with Gasteiger partial charge in [-0.05, 0) is 28.4 Å². The molecule has 86 valence electrons. The molecule has 1 rings (SSSR count). The van der Waals surface area contributed by atoms with Gasteiger partial charge in [0.25, 0.3) is 0 Å². The monoisotopic (exact) mass is 247 g/mol. The normalized spacial score (nSPS) is 10.8. The maximum atomic E-state index is 5.45. The summed E-state index contributed by atoms with van der Waals surface area (Å²) in [5, 5.41) is 12.3. The van der Waals surface area contributed by atoms with E-state index in [9.17, 15) is 0 Å². The minimum atomic E-state index is 0.574. The molecule has 0 aliphatic rings. The molecule has 5 nitrogen and oxygen atoms in total. The predicted octanol–water partition coefficient (Wildman–Crippen LogP) is 0.867. The molecule has 1 aromatic rings. The van der Waals surface area contributed by atoms with Crippen LogP contribution in [-0.2, 0) is 6.54 Å². The molecule has 0 bridgehead atoms. The minimum absolute atomic E-state index is 0.574. The molecule has 0 amide bonds. The number of tetrazole rings is 1. The molecular formula is C8H17N5S2. The standard InChI is InChI=1S/C8H17N5S2/c1-2-14-6-3-7-15-8-10-11-12-13(8)5-4-9/h2-7,9H2,1H3. The molecule has 0 spiro atoms. The van der Waals surface area contributed by atoms with Gasteiger partial charge in [0.05, 0.1) is 6.54 Å². The minimum Gasteiger partial charge on any atom is -0.329 e. The number of hydrogen-bond donors (Lipinski definition) is 1. The molecule has 7 heteroatoms. The molecule has 0 saturated carbocycles. The zero-order valence-electron chi connectivity index (χ0n) is 8.93. The van der Waals surface area contributed by atoms with Gasteiger partial charge in [-0.3, -0.25) is 0 Å². The summed E-state index contributed by atoms with van der Waals surface area (Å²) in [5.41, 5.74) is 5.45. The lowest BCUT2D eigenvalue weighted by Crippen LogP contribution is -2.12. The first-order valence-corrected chi connectivity index (χ1v) is 7.19. The van der Waals surface area contributed by atoms with E-state index >= 15 is 0 Å². The van der Waals surface area contributed by atoms with E-state index in [1.165, 1.54) is 17.9 Å². The summed E-state index contributed by atoms with van der Waals surface area (Å²) in [7, 11) is 0. The van der Waals surface area contributed by atoms with E-state index < -0.39 is 0 Å². The highest BCUT2D eigenvalue weighted by atomic mass is 32.2. The Kier molecular flexibility index (Phi) is 6.78. The van der Waals surface area contributed by atoms with Crippen LogP contribution >= 0.6 is 23.5 Å². The van der Waals surface area contributed by atoms with E-state index in [1.807, 2.05) is 11.8 Å². The highest BCUT2D eigenvalue weighted by Gasteiger charge is 2.04. The van der Waals surface area contributed by atoms with Crippen molar-refractivity contribution in [3.05, 3.63) is 0 Å². The summed E-state index contributed by atoms with van der Waals surface area (Å²) in [6, 6.07) is 0. The molecule has 0 unspecified atom stereocenters. The number of thioether (sulfide) groups is 2. The van der Waals surface area contributed by atoms with Crippen molar-refractivity contribution in [2.75, 3.05) is 23.8 Å². The molecule has 1 heterocycles. The fourth-order valence-corrected chi connectivity index (χ4v) is 2.69. The Morgan fingerprint density at radius 2 is 2.27 bits per heavy atom. The summed E-state index contributed by atoms with van der Waals surface area (Å²) >= 11 is 3.67. The molecule has 0 aliphatic carbocycles. The van der Waals surface area contributed by atoms with Gasteiger partial charge < -0.3 is 5.73 Å². The van der Waals surface area contributed by atoms with Crippen LogP contribution in [0.2, 0.25) is 0 Å². The number of nitrogens with two attached hydrogens (primary N) is 1. The molecule has 0 atom stereocenters. The maximum absolute atomic E-state index is 5.45. The van der Waals surface area contributed by atoms with E-state index in [1.54, 1.807) is 16.4 Å². The Morgan fingerprint density at radius 1 is 1.40 bits per heavy atom. The van der Waals surface area contributed by atoms with E-state index in [0.717, 1.165) is 10.9 Å². The number of nitrogens with zero attached hydrogens (tertiary/aromatic N) is 4. The van der Waals surface area contributed by atoms with Crippen molar-refractivity contribution in [1.82, 2.24) is 20.2 Å². The quantitative estimate of drug-likeness (QED) is 0.543. The lowest BCUT2D eigenvalue weighted by Gasteiger charge is -2.01. The summed E-state index contributed by atoms with van der Waals surface area (Å²) in [6.07, 6.45) is 1.19. The lowest BCUT2D eigenvalue weighted by atomic mass is 10.6. The third kappa shape index (κ3) is 4.85. The van der Waals surface area contributed by atoms with Crippen LogP contribution in [0, 0.1) is 0 Å². The molecule has 1 aromatic heterocycles. The van der Waals surface area contributed by atoms with E-state index in [4.69, 9.17) is 5.73 Å². The summed E-state index contributed by atoms with van der Waals surface area (Å²) < 4.78 is 1.76. The highest BCUT2D eigenvalue weighted by Crippen LogP contribution is 2.15. The second-order valence-electron chi connectivity index (χ2n) is 2.87. The van der Waals surface area contributed by atoms with Crippen molar-refractivity contribution in [3.8, 4) is 0 Å². The zero-order valence-corrected chi connectivity index (χ0v) is 10.6. The Hall–Kier alpha value is -0.270. The number of hydrogen-bond acceptors (Lipinski definition) is 6. The summed E-state index contributed by atoms with van der Waals surface area (Å²) in [4.78, 5) is 0. The number of aromatic nitrogens is 4. The molecule has 0 radical (unpaired) electrons. The van der Waals surface area contributed by atoms with Gasteiger partial charge >= 0.3 is 0 Å². The van der Waals surface area contributed by atoms with Gasteiger partial charge in [0.2, 0.25) is 5.16 Å². The molecular weight excluding hydrogens is 230 g/mol. The lowest BCUT2D eigenvalue weighted by molar-refractivity contribution is 0.557. The predicted molar refractivity (Wildman–Crippen MR) is 65.2 cm³/mol. The van der Waals surface area contributed by atoms with Crippen LogP contribution in [0.5, 0.6) is 0 Å². The van der Waals surface area contributed by atoms with Gasteiger partial charge in [-0.15, -0.1) is 5.10 Å². The molecule has 0 aromatic carbocycles. The Labute approximate surface area is 98.6 Å². The highest BCUT2D eigenvalue weighted by molar-refractivity contribution is 8.00. The van der Waals surface area contributed by atoms with E-state index in [0.29, 0.717) is 13.1 Å². The van der Waals surface area contributed by atoms with Gasteiger partial charge in [0.15, 0.2) is 0 Å². The van der Waals surface area contributed by atoms with Gasteiger partial charge in [0, 0.05) is 12.3 Å². The summed E-state index contributed by atoms with van der Waals surface area (Å²) in [5.74, 6) is 3.47. The van der Waals surface area contributed by atoms with Crippen molar-refractivity contribution in [2.45, 2.75) is 25.0 Å². The van der Waals surface area contributed by atoms with Crippen molar-refractivity contribution in [2.24, 2.45) is 5.73 Å². The largest absolute Gasteiger partial charge is 0.329 e. The van der Waals surface area contributed by atoms with Gasteiger partial charge in [0.1, 0.15) is 0 Å². The Bertz CT molecular complexity index is 265. The first kappa shape index (κ1) is 12.8. The van der Waals surface area contributed by atoms with Crippen LogP contribution in [0.3, 0.4) is 0 Å². The third-order valence-corrected chi connectivity index (χ3v) is 3.74. The van der Waals surface area contributed by atoms with Crippen LogP contribution in [0.1, 0.15) is 13.3 Å². The van der Waals surface area contributed by atoms with Gasteiger partial charge in [-0.1, -0.05) is 18.7 Å². The second-order valence-corrected chi connectivity index (χ2v) is 5.33. The smallest absolute Gasteiger partial charge is 0.209 e. The average molecular weight is 247 g/mol. The van der Waals surface area contributed by atoms with Gasteiger partial charge in [-0.25, -0.2) is 4.68 Å². The zero-order chi connectivity index (χ0) is 10.9. The van der Waals surface area contributed by atoms with Crippen LogP contribution < -0.4 is 5.73 Å². The van der Waals surface area contributed by atoms with E-state index in [-0.39, 0.29) is 0 Å². The fraction of sp³-hybridized carbons (Fsp3) is 0.875. The van der Waals surface area contributed by atoms with Crippen molar-refractivity contribution in [3.63, 3.8) is 0 Å². The topological polar surface area (TPSA) is 69.6 Å². The Morgan fingerprint density at radius 3 is 3.00 bits per heavy atom. The molecule has 15 heavy (non-hydrogen) atoms. The van der Waals surface area contributed by atoms with Crippen LogP contribution in [0.25, 0.3) is 0 Å². The Balaban J connectivity index is 2.21. The first-order chi connectivity index (χ1) is 7.38. The third-order valence-electron chi connectivity index (χ3n) is 1.71. The molecule has 0 aliphatic heterocycles. The first-order valence-electron chi connectivity index (χ1n) is 5.05. The van der Waals surface area contributed by atoms with Crippen molar-refractivity contribution < 1.29 is 0 Å². The summed E-state index contributed by atoms with van der Waals surface area (Å²) in [6.45, 7) is 3.45. The fourth-order valence-electron chi connectivity index (χ4n) is 1.03. The SMILES string of the molecule is CCSCCCSc1nnnn1CCN. The number of rotatable bonds is 8. The van der Waals surface area contributed by atoms with Gasteiger partial charge in [-0.2, -0.15) is 11.8 Å². The second kappa shape index (κ2) is 7.95. The molecule has 0 saturated heterocycles.